The van der Waals surface area contributed by atoms with Crippen molar-refractivity contribution in [3.63, 3.8) is 0 Å². The normalized spacial score (nSPS) is 12.3. The molecule has 1 aromatic rings. The molecule has 1 nitrogen and oxygen atoms in total. The maximum Gasteiger partial charge on any atom is 0.0855 e. The fourth-order valence-corrected chi connectivity index (χ4v) is 1.96. The molecule has 0 aromatic heterocycles. The molecule has 21 heavy (non-hydrogen) atoms. The molecule has 0 aliphatic carbocycles. The van der Waals surface area contributed by atoms with Crippen molar-refractivity contribution in [2.75, 3.05) is 0 Å². The Kier molecular flexibility index (Phi) is 7.72. The lowest BCUT2D eigenvalue weighted by Gasteiger charge is -2.16. The van der Waals surface area contributed by atoms with Crippen LogP contribution >= 0.6 is 11.6 Å². The molecule has 0 heterocycles. The van der Waals surface area contributed by atoms with Gasteiger partial charge in [-0.3, -0.25) is 0 Å². The number of hydrogen-bond donors (Lipinski definition) is 1. The van der Waals surface area contributed by atoms with Crippen LogP contribution in [0.2, 0.25) is 5.02 Å². The van der Waals surface area contributed by atoms with Gasteiger partial charge in [0.05, 0.1) is 5.70 Å². The van der Waals surface area contributed by atoms with Crippen LogP contribution in [-0.4, -0.2) is 0 Å². The SMILES string of the molecule is C=C(N/C(C#Cc1ccc(Cl)cc1)=C\C)C(C)CCCC. The van der Waals surface area contributed by atoms with E-state index in [1.165, 1.54) is 12.8 Å². The van der Waals surface area contributed by atoms with Gasteiger partial charge in [0.25, 0.3) is 0 Å². The Labute approximate surface area is 134 Å². The number of unbranched alkanes of at least 4 members (excludes halogenated alkanes) is 1. The molecule has 1 unspecified atom stereocenters. The number of nitrogens with one attached hydrogen (secondary N) is 1. The Hall–Kier alpha value is -1.65. The van der Waals surface area contributed by atoms with E-state index in [0.717, 1.165) is 28.4 Å². The molecule has 0 bridgehead atoms. The summed E-state index contributed by atoms with van der Waals surface area (Å²) >= 11 is 5.86. The molecular weight excluding hydrogens is 278 g/mol. The second kappa shape index (κ2) is 9.32. The maximum atomic E-state index is 5.86. The van der Waals surface area contributed by atoms with E-state index in [1.807, 2.05) is 37.3 Å². The lowest BCUT2D eigenvalue weighted by molar-refractivity contribution is 0.551. The highest BCUT2D eigenvalue weighted by atomic mass is 35.5. The van der Waals surface area contributed by atoms with Crippen LogP contribution in [0.3, 0.4) is 0 Å². The number of allylic oxidation sites excluding steroid dienone is 3. The number of rotatable bonds is 6. The van der Waals surface area contributed by atoms with Crippen LogP contribution in [0, 0.1) is 17.8 Å². The average Bonchev–Trinajstić information content (AvgIpc) is 2.50. The van der Waals surface area contributed by atoms with Crippen molar-refractivity contribution in [1.82, 2.24) is 5.32 Å². The molecule has 1 atom stereocenters. The van der Waals surface area contributed by atoms with Crippen LogP contribution in [-0.2, 0) is 0 Å². The van der Waals surface area contributed by atoms with Gasteiger partial charge in [0.2, 0.25) is 0 Å². The van der Waals surface area contributed by atoms with Crippen LogP contribution in [0.4, 0.5) is 0 Å². The van der Waals surface area contributed by atoms with Crippen molar-refractivity contribution in [3.05, 3.63) is 58.9 Å². The third kappa shape index (κ3) is 6.56. The fourth-order valence-electron chi connectivity index (χ4n) is 1.83. The van der Waals surface area contributed by atoms with Gasteiger partial charge in [-0.15, -0.1) is 0 Å². The molecule has 2 heteroatoms. The van der Waals surface area contributed by atoms with Gasteiger partial charge in [0, 0.05) is 16.3 Å². The second-order valence-electron chi connectivity index (χ2n) is 5.15. The third-order valence-electron chi connectivity index (χ3n) is 3.36. The molecule has 0 aliphatic heterocycles. The van der Waals surface area contributed by atoms with Crippen molar-refractivity contribution in [3.8, 4) is 11.8 Å². The zero-order valence-electron chi connectivity index (χ0n) is 13.2. The van der Waals surface area contributed by atoms with Crippen molar-refractivity contribution < 1.29 is 0 Å². The van der Waals surface area contributed by atoms with Crippen LogP contribution in [0.15, 0.2) is 48.3 Å². The quantitative estimate of drug-likeness (QED) is 0.682. The highest BCUT2D eigenvalue weighted by Gasteiger charge is 2.06. The summed E-state index contributed by atoms with van der Waals surface area (Å²) in [6, 6.07) is 7.53. The second-order valence-corrected chi connectivity index (χ2v) is 5.59. The lowest BCUT2D eigenvalue weighted by Crippen LogP contribution is -2.16. The first-order chi connectivity index (χ1) is 10.1. The van der Waals surface area contributed by atoms with Gasteiger partial charge in [0.1, 0.15) is 0 Å². The van der Waals surface area contributed by atoms with E-state index >= 15 is 0 Å². The van der Waals surface area contributed by atoms with Gasteiger partial charge < -0.3 is 5.32 Å². The van der Waals surface area contributed by atoms with Crippen LogP contribution in [0.1, 0.15) is 45.6 Å². The Bertz CT molecular complexity index is 543. The smallest absolute Gasteiger partial charge is 0.0855 e. The lowest BCUT2D eigenvalue weighted by atomic mass is 10.0. The standard InChI is InChI=1S/C19H24ClN/c1-5-7-8-15(3)16(4)21-19(6-2)14-11-17-9-12-18(20)13-10-17/h6,9-10,12-13,15,21H,4-5,7-8H2,1-3H3/b19-6-. The Morgan fingerprint density at radius 3 is 2.62 bits per heavy atom. The minimum Gasteiger partial charge on any atom is -0.353 e. The average molecular weight is 302 g/mol. The summed E-state index contributed by atoms with van der Waals surface area (Å²) in [5, 5.41) is 4.05. The Morgan fingerprint density at radius 1 is 1.38 bits per heavy atom. The molecule has 0 fully saturated rings. The zero-order chi connectivity index (χ0) is 15.7. The molecule has 0 aliphatic rings. The molecule has 0 radical (unpaired) electrons. The van der Waals surface area contributed by atoms with Gasteiger partial charge in [-0.25, -0.2) is 0 Å². The topological polar surface area (TPSA) is 12.0 Å². The number of halogens is 1. The minimum atomic E-state index is 0.456. The van der Waals surface area contributed by atoms with Crippen LogP contribution < -0.4 is 5.32 Å². The summed E-state index contributed by atoms with van der Waals surface area (Å²) in [5.41, 5.74) is 2.87. The maximum absolute atomic E-state index is 5.86. The summed E-state index contributed by atoms with van der Waals surface area (Å²) in [4.78, 5) is 0. The third-order valence-corrected chi connectivity index (χ3v) is 3.61. The highest BCUT2D eigenvalue weighted by molar-refractivity contribution is 6.30. The first-order valence-corrected chi connectivity index (χ1v) is 7.84. The van der Waals surface area contributed by atoms with Gasteiger partial charge in [-0.05, 0) is 49.4 Å². The summed E-state index contributed by atoms with van der Waals surface area (Å²) in [5.74, 6) is 6.73. The molecule has 1 rings (SSSR count). The minimum absolute atomic E-state index is 0.456. The van der Waals surface area contributed by atoms with Crippen molar-refractivity contribution in [2.45, 2.75) is 40.0 Å². The Balaban J connectivity index is 2.64. The summed E-state index contributed by atoms with van der Waals surface area (Å²) in [6.45, 7) is 10.5. The van der Waals surface area contributed by atoms with Gasteiger partial charge in [-0.2, -0.15) is 0 Å². The monoisotopic (exact) mass is 301 g/mol. The van der Waals surface area contributed by atoms with E-state index in [0.29, 0.717) is 5.92 Å². The molecule has 0 spiro atoms. The number of hydrogen-bond acceptors (Lipinski definition) is 1. The van der Waals surface area contributed by atoms with Crippen molar-refractivity contribution in [2.24, 2.45) is 5.92 Å². The first-order valence-electron chi connectivity index (χ1n) is 7.46. The molecule has 1 aromatic carbocycles. The van der Waals surface area contributed by atoms with Gasteiger partial charge in [-0.1, -0.05) is 56.9 Å². The van der Waals surface area contributed by atoms with Gasteiger partial charge in [0.15, 0.2) is 0 Å². The predicted molar refractivity (Wildman–Crippen MR) is 93.1 cm³/mol. The largest absolute Gasteiger partial charge is 0.353 e. The summed E-state index contributed by atoms with van der Waals surface area (Å²) in [7, 11) is 0. The molecule has 1 N–H and O–H groups in total. The van der Waals surface area contributed by atoms with E-state index < -0.39 is 0 Å². The number of benzene rings is 1. The molecule has 112 valence electrons. The van der Waals surface area contributed by atoms with E-state index in [9.17, 15) is 0 Å². The predicted octanol–water partition coefficient (Wildman–Crippen LogP) is 5.52. The zero-order valence-corrected chi connectivity index (χ0v) is 13.9. The van der Waals surface area contributed by atoms with E-state index in [-0.39, 0.29) is 0 Å². The van der Waals surface area contributed by atoms with E-state index in [1.54, 1.807) is 0 Å². The molecular formula is C19H24ClN. The molecule has 0 saturated heterocycles. The molecule has 0 amide bonds. The Morgan fingerprint density at radius 2 is 2.05 bits per heavy atom. The fraction of sp³-hybridized carbons (Fsp3) is 0.368. The van der Waals surface area contributed by atoms with Gasteiger partial charge >= 0.3 is 0 Å². The van der Waals surface area contributed by atoms with Crippen molar-refractivity contribution >= 4 is 11.6 Å². The summed E-state index contributed by atoms with van der Waals surface area (Å²) < 4.78 is 0. The summed E-state index contributed by atoms with van der Waals surface area (Å²) in [6.07, 6.45) is 5.57. The van der Waals surface area contributed by atoms with Crippen LogP contribution in [0.25, 0.3) is 0 Å². The van der Waals surface area contributed by atoms with Crippen LogP contribution in [0.5, 0.6) is 0 Å². The van der Waals surface area contributed by atoms with Crippen molar-refractivity contribution in [1.29, 1.82) is 0 Å². The highest BCUT2D eigenvalue weighted by Crippen LogP contribution is 2.15. The van der Waals surface area contributed by atoms with E-state index in [4.69, 9.17) is 11.6 Å². The first kappa shape index (κ1) is 17.4. The van der Waals surface area contributed by atoms with E-state index in [2.05, 4.69) is 37.6 Å². The molecule has 0 saturated carbocycles.